The average molecular weight is 301 g/mol. The zero-order chi connectivity index (χ0) is 15.8. The van der Waals surface area contributed by atoms with Crippen LogP contribution in [0.25, 0.3) is 6.08 Å². The molecule has 0 aliphatic rings. The summed E-state index contributed by atoms with van der Waals surface area (Å²) < 4.78 is 15.3. The van der Waals surface area contributed by atoms with Crippen LogP contribution in [0.4, 0.5) is 0 Å². The van der Waals surface area contributed by atoms with Crippen LogP contribution in [0.2, 0.25) is 0 Å². The molecule has 2 rings (SSSR count). The number of ether oxygens (including phenoxy) is 2. The topological polar surface area (TPSA) is 70.3 Å². The molecule has 0 fully saturated rings. The third kappa shape index (κ3) is 4.24. The van der Waals surface area contributed by atoms with Crippen molar-refractivity contribution < 1.29 is 23.5 Å². The summed E-state index contributed by atoms with van der Waals surface area (Å²) >= 11 is 0. The molecule has 0 radical (unpaired) electrons. The van der Waals surface area contributed by atoms with Gasteiger partial charge >= 0.3 is 5.97 Å². The number of benzene rings is 1. The molecule has 0 saturated heterocycles. The van der Waals surface area contributed by atoms with Crippen molar-refractivity contribution >= 4 is 18.3 Å². The van der Waals surface area contributed by atoms with Gasteiger partial charge < -0.3 is 18.7 Å². The van der Waals surface area contributed by atoms with E-state index < -0.39 is 5.97 Å². The van der Waals surface area contributed by atoms with Gasteiger partial charge in [-0.15, -0.1) is 0 Å². The second-order valence-corrected chi connectivity index (χ2v) is 4.11. The molecule has 0 N–H and O–H groups in total. The number of hydrogen-bond donors (Lipinski definition) is 0. The van der Waals surface area contributed by atoms with Gasteiger partial charge in [0.25, 0.3) is 0 Å². The van der Waals surface area contributed by atoms with Gasteiger partial charge in [0.15, 0.2) is 11.5 Å². The second-order valence-electron chi connectivity index (χ2n) is 4.11. The highest BCUT2D eigenvalue weighted by atomic mass is 16.7. The van der Waals surface area contributed by atoms with Gasteiger partial charge in [0, 0.05) is 6.08 Å². The van der Waals surface area contributed by atoms with Crippen LogP contribution in [0.15, 0.2) is 52.2 Å². The highest BCUT2D eigenvalue weighted by Gasteiger charge is 2.03. The Balaban J connectivity index is 1.94. The molecule has 0 saturated carbocycles. The van der Waals surface area contributed by atoms with Crippen molar-refractivity contribution in [1.82, 2.24) is 0 Å². The van der Waals surface area contributed by atoms with Crippen molar-refractivity contribution in [3.63, 3.8) is 0 Å². The van der Waals surface area contributed by atoms with E-state index in [1.54, 1.807) is 50.6 Å². The normalized spacial score (nSPS) is 11.0. The summed E-state index contributed by atoms with van der Waals surface area (Å²) in [6.45, 7) is 0. The fraction of sp³-hybridized carbons (Fsp3) is 0.125. The molecule has 1 aromatic carbocycles. The standard InChI is InChI=1S/C16H15NO5/c1-19-14-7-5-12(10-15(14)20-2)6-8-16(18)22-17-11-13-4-3-9-21-13/h3-11H,1-2H3/b8-6+,17-11+. The monoisotopic (exact) mass is 301 g/mol. The molecule has 0 unspecified atom stereocenters. The molecule has 0 bridgehead atoms. The molecule has 0 spiro atoms. The Morgan fingerprint density at radius 1 is 1.18 bits per heavy atom. The summed E-state index contributed by atoms with van der Waals surface area (Å²) in [7, 11) is 3.10. The van der Waals surface area contributed by atoms with E-state index in [2.05, 4.69) is 9.99 Å². The number of hydrogen-bond acceptors (Lipinski definition) is 6. The Bertz CT molecular complexity index is 674. The fourth-order valence-corrected chi connectivity index (χ4v) is 1.65. The largest absolute Gasteiger partial charge is 0.493 e. The first-order chi connectivity index (χ1) is 10.7. The van der Waals surface area contributed by atoms with Gasteiger partial charge in [-0.25, -0.2) is 4.79 Å². The lowest BCUT2D eigenvalue weighted by Crippen LogP contribution is -1.95. The molecule has 6 nitrogen and oxygen atoms in total. The van der Waals surface area contributed by atoms with Gasteiger partial charge in [0.1, 0.15) is 12.0 Å². The minimum Gasteiger partial charge on any atom is -0.493 e. The Morgan fingerprint density at radius 2 is 2.00 bits per heavy atom. The van der Waals surface area contributed by atoms with Crippen molar-refractivity contribution in [1.29, 1.82) is 0 Å². The highest BCUT2D eigenvalue weighted by Crippen LogP contribution is 2.27. The molecule has 1 heterocycles. The Hall–Kier alpha value is -3.02. The van der Waals surface area contributed by atoms with Gasteiger partial charge in [-0.2, -0.15) is 0 Å². The van der Waals surface area contributed by atoms with Gasteiger partial charge in [0.05, 0.1) is 20.5 Å². The van der Waals surface area contributed by atoms with Crippen LogP contribution < -0.4 is 9.47 Å². The first-order valence-electron chi connectivity index (χ1n) is 6.41. The lowest BCUT2D eigenvalue weighted by molar-refractivity contribution is -0.137. The zero-order valence-electron chi connectivity index (χ0n) is 12.2. The number of methoxy groups -OCH3 is 2. The van der Waals surface area contributed by atoms with Crippen molar-refractivity contribution in [2.75, 3.05) is 14.2 Å². The second kappa shape index (κ2) is 7.68. The van der Waals surface area contributed by atoms with Crippen molar-refractivity contribution in [3.05, 3.63) is 54.0 Å². The van der Waals surface area contributed by atoms with E-state index in [-0.39, 0.29) is 0 Å². The Labute approximate surface area is 127 Å². The molecule has 22 heavy (non-hydrogen) atoms. The minimum absolute atomic E-state index is 0.497. The van der Waals surface area contributed by atoms with Crippen LogP contribution >= 0.6 is 0 Å². The lowest BCUT2D eigenvalue weighted by atomic mass is 10.2. The zero-order valence-corrected chi connectivity index (χ0v) is 12.2. The molecule has 0 amide bonds. The molecular formula is C16H15NO5. The number of furan rings is 1. The number of carbonyl (C=O) groups excluding carboxylic acids is 1. The smallest absolute Gasteiger partial charge is 0.358 e. The number of carbonyl (C=O) groups is 1. The number of rotatable bonds is 6. The molecule has 0 atom stereocenters. The number of oxime groups is 1. The van der Waals surface area contributed by atoms with Crippen LogP contribution in [0.3, 0.4) is 0 Å². The van der Waals surface area contributed by atoms with Gasteiger partial charge in [-0.1, -0.05) is 11.2 Å². The van der Waals surface area contributed by atoms with E-state index in [9.17, 15) is 4.79 Å². The van der Waals surface area contributed by atoms with Crippen molar-refractivity contribution in [2.24, 2.45) is 5.16 Å². The van der Waals surface area contributed by atoms with Crippen LogP contribution in [-0.4, -0.2) is 26.4 Å². The summed E-state index contributed by atoms with van der Waals surface area (Å²) in [4.78, 5) is 16.2. The Morgan fingerprint density at radius 3 is 2.68 bits per heavy atom. The van der Waals surface area contributed by atoms with Crippen LogP contribution in [0.1, 0.15) is 11.3 Å². The predicted octanol–water partition coefficient (Wildman–Crippen LogP) is 2.89. The highest BCUT2D eigenvalue weighted by molar-refractivity contribution is 5.87. The molecule has 0 aliphatic carbocycles. The van der Waals surface area contributed by atoms with E-state index in [4.69, 9.17) is 13.9 Å². The quantitative estimate of drug-likeness (QED) is 0.355. The van der Waals surface area contributed by atoms with Gasteiger partial charge in [-0.3, -0.25) is 0 Å². The Kier molecular flexibility index (Phi) is 5.37. The summed E-state index contributed by atoms with van der Waals surface area (Å²) in [5.41, 5.74) is 0.768. The fourth-order valence-electron chi connectivity index (χ4n) is 1.65. The molecule has 114 valence electrons. The van der Waals surface area contributed by atoms with E-state index in [0.717, 1.165) is 5.56 Å². The summed E-state index contributed by atoms with van der Waals surface area (Å²) in [5, 5.41) is 3.52. The van der Waals surface area contributed by atoms with Crippen LogP contribution in [0, 0.1) is 0 Å². The maximum absolute atomic E-state index is 11.5. The SMILES string of the molecule is COc1ccc(/C=C/C(=O)O/N=C/c2ccco2)cc1OC. The van der Waals surface area contributed by atoms with E-state index >= 15 is 0 Å². The third-order valence-corrected chi connectivity index (χ3v) is 2.69. The van der Waals surface area contributed by atoms with Crippen LogP contribution in [-0.2, 0) is 9.63 Å². The lowest BCUT2D eigenvalue weighted by Gasteiger charge is -2.07. The van der Waals surface area contributed by atoms with Crippen LogP contribution in [0.5, 0.6) is 11.5 Å². The first-order valence-corrected chi connectivity index (χ1v) is 6.41. The molecule has 0 aliphatic heterocycles. The van der Waals surface area contributed by atoms with Crippen molar-refractivity contribution in [2.45, 2.75) is 0 Å². The van der Waals surface area contributed by atoms with E-state index in [1.807, 2.05) is 0 Å². The summed E-state index contributed by atoms with van der Waals surface area (Å²) in [5.74, 6) is 1.09. The predicted molar refractivity (Wildman–Crippen MR) is 81.0 cm³/mol. The summed E-state index contributed by atoms with van der Waals surface area (Å²) in [6, 6.07) is 8.68. The maximum Gasteiger partial charge on any atom is 0.358 e. The molecule has 6 heteroatoms. The molecule has 2 aromatic rings. The molecule has 1 aromatic heterocycles. The number of nitrogens with zero attached hydrogens (tertiary/aromatic N) is 1. The average Bonchev–Trinajstić information content (AvgIpc) is 3.06. The minimum atomic E-state index is -0.599. The van der Waals surface area contributed by atoms with Gasteiger partial charge in [0.2, 0.25) is 0 Å². The van der Waals surface area contributed by atoms with E-state index in [0.29, 0.717) is 17.3 Å². The summed E-state index contributed by atoms with van der Waals surface area (Å²) in [6.07, 6.45) is 5.66. The van der Waals surface area contributed by atoms with E-state index in [1.165, 1.54) is 18.6 Å². The first kappa shape index (κ1) is 15.4. The van der Waals surface area contributed by atoms with Gasteiger partial charge in [-0.05, 0) is 35.9 Å². The molecular weight excluding hydrogens is 286 g/mol. The third-order valence-electron chi connectivity index (χ3n) is 2.69. The maximum atomic E-state index is 11.5. The van der Waals surface area contributed by atoms with Crippen molar-refractivity contribution in [3.8, 4) is 11.5 Å².